The highest BCUT2D eigenvalue weighted by atomic mass is 19.1. The summed E-state index contributed by atoms with van der Waals surface area (Å²) < 4.78 is 13.1. The topological polar surface area (TPSA) is 58.3 Å². The molecule has 1 aromatic carbocycles. The molecular formula is C15H20FN5. The molecule has 0 saturated carbocycles. The average molecular weight is 289 g/mol. The van der Waals surface area contributed by atoms with Crippen molar-refractivity contribution in [3.8, 4) is 0 Å². The fraction of sp³-hybridized carbons (Fsp3) is 0.333. The zero-order chi connectivity index (χ0) is 15.2. The highest BCUT2D eigenvalue weighted by Crippen LogP contribution is 2.24. The first-order valence-corrected chi connectivity index (χ1v) is 6.85. The average Bonchev–Trinajstić information content (AvgIpc) is 2.49. The van der Waals surface area contributed by atoms with Crippen LogP contribution in [0, 0.1) is 5.82 Å². The van der Waals surface area contributed by atoms with E-state index in [0.29, 0.717) is 19.0 Å². The van der Waals surface area contributed by atoms with E-state index in [0.717, 1.165) is 17.9 Å². The maximum Gasteiger partial charge on any atom is 0.226 e. The lowest BCUT2D eigenvalue weighted by Crippen LogP contribution is -2.23. The lowest BCUT2D eigenvalue weighted by Gasteiger charge is -2.24. The number of hydrogen-bond donors (Lipinski definition) is 1. The molecule has 0 radical (unpaired) electrons. The van der Waals surface area contributed by atoms with Gasteiger partial charge in [0.2, 0.25) is 5.95 Å². The molecule has 0 aliphatic heterocycles. The number of benzene rings is 1. The summed E-state index contributed by atoms with van der Waals surface area (Å²) in [5.74, 6) is 1.15. The fourth-order valence-corrected chi connectivity index (χ4v) is 1.95. The summed E-state index contributed by atoms with van der Waals surface area (Å²) in [5.41, 5.74) is 6.49. The van der Waals surface area contributed by atoms with Crippen molar-refractivity contribution >= 4 is 17.5 Å². The Labute approximate surface area is 124 Å². The van der Waals surface area contributed by atoms with Crippen molar-refractivity contribution in [1.82, 2.24) is 9.97 Å². The van der Waals surface area contributed by atoms with Crippen molar-refractivity contribution in [3.63, 3.8) is 0 Å². The van der Waals surface area contributed by atoms with E-state index in [-0.39, 0.29) is 5.82 Å². The number of anilines is 3. The molecule has 0 unspecified atom stereocenters. The van der Waals surface area contributed by atoms with Crippen LogP contribution in [-0.4, -0.2) is 37.2 Å². The highest BCUT2D eigenvalue weighted by molar-refractivity contribution is 5.60. The van der Waals surface area contributed by atoms with Crippen molar-refractivity contribution in [2.24, 2.45) is 5.73 Å². The molecule has 0 saturated heterocycles. The molecule has 0 aliphatic rings. The molecule has 2 rings (SSSR count). The second-order valence-electron chi connectivity index (χ2n) is 4.88. The summed E-state index contributed by atoms with van der Waals surface area (Å²) in [6.07, 6.45) is 2.54. The second-order valence-corrected chi connectivity index (χ2v) is 4.88. The molecule has 6 heteroatoms. The third kappa shape index (κ3) is 3.88. The van der Waals surface area contributed by atoms with Crippen molar-refractivity contribution in [2.75, 3.05) is 37.0 Å². The Morgan fingerprint density at radius 2 is 1.86 bits per heavy atom. The van der Waals surface area contributed by atoms with E-state index in [1.54, 1.807) is 18.3 Å². The fourth-order valence-electron chi connectivity index (χ4n) is 1.95. The monoisotopic (exact) mass is 289 g/mol. The van der Waals surface area contributed by atoms with Gasteiger partial charge in [-0.25, -0.2) is 9.37 Å². The van der Waals surface area contributed by atoms with Crippen molar-refractivity contribution < 1.29 is 4.39 Å². The lowest BCUT2D eigenvalue weighted by atomic mass is 10.2. The van der Waals surface area contributed by atoms with Gasteiger partial charge in [-0.2, -0.15) is 4.98 Å². The van der Waals surface area contributed by atoms with E-state index in [4.69, 9.17) is 5.73 Å². The molecule has 2 N–H and O–H groups in total. The van der Waals surface area contributed by atoms with Gasteiger partial charge in [-0.05, 0) is 43.3 Å². The Morgan fingerprint density at radius 3 is 2.48 bits per heavy atom. The van der Waals surface area contributed by atoms with Crippen LogP contribution < -0.4 is 15.5 Å². The zero-order valence-electron chi connectivity index (χ0n) is 12.3. The van der Waals surface area contributed by atoms with E-state index in [1.807, 2.05) is 30.0 Å². The molecule has 0 bridgehead atoms. The second kappa shape index (κ2) is 6.99. The zero-order valence-corrected chi connectivity index (χ0v) is 12.3. The molecule has 1 heterocycles. The Kier molecular flexibility index (Phi) is 5.05. The third-order valence-corrected chi connectivity index (χ3v) is 3.03. The number of nitrogens with zero attached hydrogens (tertiary/aromatic N) is 4. The number of nitrogens with two attached hydrogens (primary N) is 1. The molecule has 112 valence electrons. The van der Waals surface area contributed by atoms with Crippen LogP contribution in [0.4, 0.5) is 21.8 Å². The van der Waals surface area contributed by atoms with Gasteiger partial charge in [0.15, 0.2) is 0 Å². The first kappa shape index (κ1) is 15.2. The van der Waals surface area contributed by atoms with Crippen LogP contribution in [0.1, 0.15) is 6.42 Å². The largest absolute Gasteiger partial charge is 0.347 e. The summed E-state index contributed by atoms with van der Waals surface area (Å²) in [4.78, 5) is 12.6. The minimum Gasteiger partial charge on any atom is -0.347 e. The Morgan fingerprint density at radius 1 is 1.14 bits per heavy atom. The molecule has 0 spiro atoms. The van der Waals surface area contributed by atoms with Crippen LogP contribution >= 0.6 is 0 Å². The number of aromatic nitrogens is 2. The Bertz CT molecular complexity index is 571. The Balaban J connectivity index is 2.35. The Hall–Kier alpha value is -2.21. The number of rotatable bonds is 6. The minimum absolute atomic E-state index is 0.255. The minimum atomic E-state index is -0.255. The maximum atomic E-state index is 13.1. The summed E-state index contributed by atoms with van der Waals surface area (Å²) in [6.45, 7) is 1.30. The van der Waals surface area contributed by atoms with Gasteiger partial charge in [-0.15, -0.1) is 0 Å². The van der Waals surface area contributed by atoms with Gasteiger partial charge in [0, 0.05) is 32.5 Å². The van der Waals surface area contributed by atoms with Crippen LogP contribution in [-0.2, 0) is 0 Å². The molecule has 0 aliphatic carbocycles. The van der Waals surface area contributed by atoms with Crippen LogP contribution in [0.5, 0.6) is 0 Å². The molecular weight excluding hydrogens is 269 g/mol. The van der Waals surface area contributed by atoms with Crippen LogP contribution in [0.3, 0.4) is 0 Å². The first-order chi connectivity index (χ1) is 10.1. The summed E-state index contributed by atoms with van der Waals surface area (Å²) in [6, 6.07) is 8.21. The van der Waals surface area contributed by atoms with Crippen LogP contribution in [0.2, 0.25) is 0 Å². The quantitative estimate of drug-likeness (QED) is 0.883. The predicted molar refractivity (Wildman–Crippen MR) is 83.4 cm³/mol. The van der Waals surface area contributed by atoms with Gasteiger partial charge < -0.3 is 15.5 Å². The van der Waals surface area contributed by atoms with Crippen LogP contribution in [0.25, 0.3) is 0 Å². The standard InChI is InChI=1S/C15H20FN5/c1-20(2)15-18-10-8-14(19-15)21(11-3-9-17)13-6-4-12(16)5-7-13/h4-8,10H,3,9,11,17H2,1-2H3. The summed E-state index contributed by atoms with van der Waals surface area (Å²) in [5, 5.41) is 0. The number of hydrogen-bond acceptors (Lipinski definition) is 5. The summed E-state index contributed by atoms with van der Waals surface area (Å²) >= 11 is 0. The third-order valence-electron chi connectivity index (χ3n) is 3.03. The SMILES string of the molecule is CN(C)c1nccc(N(CCCN)c2ccc(F)cc2)n1. The van der Waals surface area contributed by atoms with E-state index < -0.39 is 0 Å². The molecule has 0 amide bonds. The molecule has 5 nitrogen and oxygen atoms in total. The van der Waals surface area contributed by atoms with Crippen molar-refractivity contribution in [2.45, 2.75) is 6.42 Å². The molecule has 0 atom stereocenters. The number of halogens is 1. The van der Waals surface area contributed by atoms with E-state index in [9.17, 15) is 4.39 Å². The van der Waals surface area contributed by atoms with Crippen molar-refractivity contribution in [1.29, 1.82) is 0 Å². The lowest BCUT2D eigenvalue weighted by molar-refractivity contribution is 0.627. The van der Waals surface area contributed by atoms with E-state index in [2.05, 4.69) is 9.97 Å². The van der Waals surface area contributed by atoms with Gasteiger partial charge in [0.1, 0.15) is 11.6 Å². The van der Waals surface area contributed by atoms with Crippen molar-refractivity contribution in [3.05, 3.63) is 42.3 Å². The normalized spacial score (nSPS) is 10.5. The van der Waals surface area contributed by atoms with Gasteiger partial charge >= 0.3 is 0 Å². The van der Waals surface area contributed by atoms with Gasteiger partial charge in [-0.3, -0.25) is 0 Å². The maximum absolute atomic E-state index is 13.1. The van der Waals surface area contributed by atoms with Gasteiger partial charge in [0.25, 0.3) is 0 Å². The van der Waals surface area contributed by atoms with E-state index in [1.165, 1.54) is 12.1 Å². The molecule has 21 heavy (non-hydrogen) atoms. The van der Waals surface area contributed by atoms with Gasteiger partial charge in [-0.1, -0.05) is 0 Å². The van der Waals surface area contributed by atoms with Gasteiger partial charge in [0.05, 0.1) is 0 Å². The van der Waals surface area contributed by atoms with E-state index >= 15 is 0 Å². The smallest absolute Gasteiger partial charge is 0.226 e. The first-order valence-electron chi connectivity index (χ1n) is 6.85. The molecule has 1 aromatic heterocycles. The highest BCUT2D eigenvalue weighted by Gasteiger charge is 2.12. The van der Waals surface area contributed by atoms with Crippen LogP contribution in [0.15, 0.2) is 36.5 Å². The molecule has 2 aromatic rings. The summed E-state index contributed by atoms with van der Waals surface area (Å²) in [7, 11) is 3.78. The molecule has 0 fully saturated rings. The predicted octanol–water partition coefficient (Wildman–Crippen LogP) is 2.17.